The first-order valence-corrected chi connectivity index (χ1v) is 5.84. The normalized spacial score (nSPS) is 12.7. The van der Waals surface area contributed by atoms with Crippen LogP contribution in [-0.4, -0.2) is 48.1 Å². The highest BCUT2D eigenvalue weighted by Crippen LogP contribution is 2.03. The van der Waals surface area contributed by atoms with Gasteiger partial charge < -0.3 is 19.7 Å². The summed E-state index contributed by atoms with van der Waals surface area (Å²) in [6.07, 6.45) is 0.742. The molecule has 1 atom stereocenters. The maximum atomic E-state index is 11.3. The van der Waals surface area contributed by atoms with Gasteiger partial charge in [-0.25, -0.2) is 9.59 Å². The largest absolute Gasteiger partial charge is 0.460 e. The topological polar surface area (TPSA) is 93.1 Å². The molecule has 0 aliphatic carbocycles. The van der Waals surface area contributed by atoms with Gasteiger partial charge in [0.05, 0.1) is 12.7 Å². The van der Waals surface area contributed by atoms with E-state index < -0.39 is 18.0 Å². The van der Waals surface area contributed by atoms with Crippen LogP contribution in [0.2, 0.25) is 0 Å². The van der Waals surface area contributed by atoms with Gasteiger partial charge in [0, 0.05) is 11.1 Å². The zero-order chi connectivity index (χ0) is 14.8. The first-order chi connectivity index (χ1) is 8.88. The van der Waals surface area contributed by atoms with Gasteiger partial charge in [0.15, 0.2) is 0 Å². The number of esters is 2. The van der Waals surface area contributed by atoms with Gasteiger partial charge in [-0.2, -0.15) is 0 Å². The second kappa shape index (κ2) is 9.29. The van der Waals surface area contributed by atoms with Crippen molar-refractivity contribution in [2.75, 3.05) is 19.8 Å². The van der Waals surface area contributed by atoms with Crippen molar-refractivity contribution in [2.45, 2.75) is 26.4 Å². The summed E-state index contributed by atoms with van der Waals surface area (Å²) in [5.74, 6) is -1.12. The Bertz CT molecular complexity index is 358. The fourth-order valence-electron chi connectivity index (χ4n) is 1.01. The molecule has 0 amide bonds. The van der Waals surface area contributed by atoms with Crippen molar-refractivity contribution >= 4 is 11.9 Å². The molecule has 108 valence electrons. The van der Waals surface area contributed by atoms with E-state index in [0.717, 1.165) is 0 Å². The zero-order valence-corrected chi connectivity index (χ0v) is 11.2. The van der Waals surface area contributed by atoms with Crippen LogP contribution in [0.3, 0.4) is 0 Å². The second-order valence-corrected chi connectivity index (χ2v) is 4.01. The maximum absolute atomic E-state index is 11.3. The van der Waals surface area contributed by atoms with Crippen molar-refractivity contribution in [1.82, 2.24) is 0 Å². The van der Waals surface area contributed by atoms with Crippen molar-refractivity contribution in [1.29, 1.82) is 0 Å². The van der Waals surface area contributed by atoms with Crippen molar-refractivity contribution in [3.8, 4) is 0 Å². The Hall–Kier alpha value is -1.66. The van der Waals surface area contributed by atoms with E-state index in [4.69, 9.17) is 9.84 Å². The Morgan fingerprint density at radius 1 is 1.26 bits per heavy atom. The molecular weight excluding hydrogens is 252 g/mol. The highest BCUT2D eigenvalue weighted by Gasteiger charge is 2.10. The van der Waals surface area contributed by atoms with Gasteiger partial charge in [-0.05, 0) is 20.3 Å². The molecule has 0 aliphatic rings. The quantitative estimate of drug-likeness (QED) is 0.489. The molecule has 0 aliphatic heterocycles. The van der Waals surface area contributed by atoms with Gasteiger partial charge in [-0.1, -0.05) is 12.7 Å². The van der Waals surface area contributed by atoms with E-state index in [2.05, 4.69) is 11.3 Å². The van der Waals surface area contributed by atoms with Gasteiger partial charge in [0.2, 0.25) is 0 Å². The predicted octanol–water partition coefficient (Wildman–Crippen LogP) is 0.338. The molecule has 0 rings (SSSR count). The smallest absolute Gasteiger partial charge is 0.333 e. The van der Waals surface area contributed by atoms with Crippen LogP contribution >= 0.6 is 0 Å². The molecule has 0 heterocycles. The minimum Gasteiger partial charge on any atom is -0.460 e. The molecule has 1 unspecified atom stereocenters. The maximum Gasteiger partial charge on any atom is 0.333 e. The first-order valence-electron chi connectivity index (χ1n) is 5.84. The third-order valence-corrected chi connectivity index (χ3v) is 2.10. The highest BCUT2D eigenvalue weighted by atomic mass is 16.5. The molecule has 0 aromatic carbocycles. The summed E-state index contributed by atoms with van der Waals surface area (Å²) in [7, 11) is 0. The molecular formula is C13H20O6. The van der Waals surface area contributed by atoms with Gasteiger partial charge in [0.25, 0.3) is 0 Å². The van der Waals surface area contributed by atoms with Gasteiger partial charge >= 0.3 is 11.9 Å². The molecule has 0 bridgehead atoms. The van der Waals surface area contributed by atoms with Gasteiger partial charge in [-0.15, -0.1) is 0 Å². The molecule has 0 spiro atoms. The van der Waals surface area contributed by atoms with E-state index in [9.17, 15) is 14.7 Å². The van der Waals surface area contributed by atoms with Crippen LogP contribution in [0.1, 0.15) is 20.3 Å². The summed E-state index contributed by atoms with van der Waals surface area (Å²) >= 11 is 0. The molecule has 19 heavy (non-hydrogen) atoms. The molecule has 0 aromatic rings. The lowest BCUT2D eigenvalue weighted by molar-refractivity contribution is -0.142. The monoisotopic (exact) mass is 272 g/mol. The molecule has 6 heteroatoms. The van der Waals surface area contributed by atoms with E-state index in [0.29, 0.717) is 5.57 Å². The summed E-state index contributed by atoms with van der Waals surface area (Å²) in [5, 5.41) is 18.0. The first kappa shape index (κ1) is 17.3. The van der Waals surface area contributed by atoms with Crippen LogP contribution in [0.15, 0.2) is 23.8 Å². The number of hydrogen-bond acceptors (Lipinski definition) is 6. The number of rotatable bonds is 8. The Morgan fingerprint density at radius 3 is 2.42 bits per heavy atom. The molecule has 0 saturated carbocycles. The number of aliphatic hydroxyl groups excluding tert-OH is 2. The van der Waals surface area contributed by atoms with Crippen LogP contribution in [-0.2, 0) is 19.1 Å². The van der Waals surface area contributed by atoms with E-state index in [-0.39, 0.29) is 31.8 Å². The fraction of sp³-hybridized carbons (Fsp3) is 0.538. The van der Waals surface area contributed by atoms with Crippen LogP contribution < -0.4 is 0 Å². The van der Waals surface area contributed by atoms with Crippen molar-refractivity contribution in [3.63, 3.8) is 0 Å². The second-order valence-electron chi connectivity index (χ2n) is 4.01. The lowest BCUT2D eigenvalue weighted by atomic mass is 10.2. The lowest BCUT2D eigenvalue weighted by Gasteiger charge is -2.09. The molecule has 6 nitrogen and oxygen atoms in total. The Balaban J connectivity index is 4.05. The zero-order valence-electron chi connectivity index (χ0n) is 11.2. The molecule has 0 fully saturated rings. The number of carbonyl (C=O) groups excluding carboxylic acids is 2. The van der Waals surface area contributed by atoms with Crippen molar-refractivity contribution in [2.24, 2.45) is 0 Å². The van der Waals surface area contributed by atoms with Crippen molar-refractivity contribution in [3.05, 3.63) is 23.8 Å². The van der Waals surface area contributed by atoms with Gasteiger partial charge in [-0.3, -0.25) is 0 Å². The van der Waals surface area contributed by atoms with Crippen LogP contribution in [0, 0.1) is 0 Å². The molecule has 0 aromatic heterocycles. The molecule has 0 radical (unpaired) electrons. The Kier molecular flexibility index (Phi) is 8.48. The minimum absolute atomic E-state index is 0.0667. The Labute approximate surface area is 112 Å². The van der Waals surface area contributed by atoms with E-state index in [1.165, 1.54) is 19.9 Å². The Morgan fingerprint density at radius 2 is 1.89 bits per heavy atom. The molecule has 0 saturated heterocycles. The summed E-state index contributed by atoms with van der Waals surface area (Å²) in [6, 6.07) is 0. The number of carbonyl (C=O) groups is 2. The van der Waals surface area contributed by atoms with E-state index in [1.54, 1.807) is 0 Å². The van der Waals surface area contributed by atoms with Crippen molar-refractivity contribution < 1.29 is 29.3 Å². The van der Waals surface area contributed by atoms with E-state index >= 15 is 0 Å². The average molecular weight is 272 g/mol. The summed E-state index contributed by atoms with van der Waals surface area (Å²) < 4.78 is 9.44. The fourth-order valence-corrected chi connectivity index (χ4v) is 1.01. The third-order valence-electron chi connectivity index (χ3n) is 2.10. The average Bonchev–Trinajstić information content (AvgIpc) is 2.38. The third kappa shape index (κ3) is 8.12. The van der Waals surface area contributed by atoms with Crippen LogP contribution in [0.4, 0.5) is 0 Å². The minimum atomic E-state index is -0.899. The van der Waals surface area contributed by atoms with Gasteiger partial charge in [0.1, 0.15) is 13.2 Å². The SMILES string of the molecule is C=C(C)C(=O)OCC(O)CC=C(C)C(=O)OCCO. The highest BCUT2D eigenvalue weighted by molar-refractivity contribution is 5.87. The summed E-state index contributed by atoms with van der Waals surface area (Å²) in [5.41, 5.74) is 0.574. The lowest BCUT2D eigenvalue weighted by Crippen LogP contribution is -2.18. The number of aliphatic hydroxyl groups is 2. The number of ether oxygens (including phenoxy) is 2. The number of hydrogen-bond donors (Lipinski definition) is 2. The van der Waals surface area contributed by atoms with Crippen LogP contribution in [0.5, 0.6) is 0 Å². The standard InChI is InChI=1S/C13H20O6/c1-9(2)12(16)19-8-11(15)5-4-10(3)13(17)18-7-6-14/h4,11,14-15H,1,5-8H2,2-3H3. The van der Waals surface area contributed by atoms with E-state index in [1.807, 2.05) is 0 Å². The molecule has 2 N–H and O–H groups in total. The van der Waals surface area contributed by atoms with Crippen LogP contribution in [0.25, 0.3) is 0 Å². The summed E-state index contributed by atoms with van der Waals surface area (Å²) in [4.78, 5) is 22.4. The predicted molar refractivity (Wildman–Crippen MR) is 68.2 cm³/mol. The summed E-state index contributed by atoms with van der Waals surface area (Å²) in [6.45, 7) is 5.98.